The van der Waals surface area contributed by atoms with E-state index in [1.54, 1.807) is 6.92 Å². The van der Waals surface area contributed by atoms with Gasteiger partial charge < -0.3 is 28.4 Å². The maximum absolute atomic E-state index is 12.7. The summed E-state index contributed by atoms with van der Waals surface area (Å²) < 4.78 is 38.6. The van der Waals surface area contributed by atoms with Gasteiger partial charge in [-0.05, 0) is 32.6 Å². The molecule has 0 N–H and O–H groups in total. The van der Waals surface area contributed by atoms with Crippen molar-refractivity contribution in [1.82, 2.24) is 0 Å². The van der Waals surface area contributed by atoms with Crippen LogP contribution >= 0.6 is 0 Å². The number of ether oxygens (including phenoxy) is 6. The lowest BCUT2D eigenvalue weighted by molar-refractivity contribution is -0.336. The third kappa shape index (κ3) is 4.76. The number of hydrogen-bond acceptors (Lipinski definition) is 7. The first-order valence-electron chi connectivity index (χ1n) is 13.2. The van der Waals surface area contributed by atoms with E-state index in [0.29, 0.717) is 12.2 Å². The number of carbonyl (C=O) groups is 1. The lowest BCUT2D eigenvalue weighted by Crippen LogP contribution is -2.63. The van der Waals surface area contributed by atoms with Crippen LogP contribution in [0.3, 0.4) is 0 Å². The summed E-state index contributed by atoms with van der Waals surface area (Å²) in [5.41, 5.74) is 0.339. The smallest absolute Gasteiger partial charge is 0.333 e. The maximum atomic E-state index is 12.7. The SMILES string of the molecule is C=C(C)C(=O)O[C@H]1[C@@H]2OC3(CCCCCCC3)O[C@@H]2CO[C@]12COC1(CCCCCCC1)O2. The third-order valence-electron chi connectivity index (χ3n) is 8.02. The molecular weight excluding hydrogens is 424 g/mol. The summed E-state index contributed by atoms with van der Waals surface area (Å²) in [6.07, 6.45) is 13.4. The Labute approximate surface area is 197 Å². The molecule has 186 valence electrons. The second kappa shape index (κ2) is 9.57. The van der Waals surface area contributed by atoms with E-state index in [4.69, 9.17) is 28.4 Å². The summed E-state index contributed by atoms with van der Waals surface area (Å²) in [7, 11) is 0. The van der Waals surface area contributed by atoms with Crippen molar-refractivity contribution < 1.29 is 33.2 Å². The molecule has 3 aliphatic heterocycles. The Kier molecular flexibility index (Phi) is 6.89. The van der Waals surface area contributed by atoms with Gasteiger partial charge in [0, 0.05) is 31.3 Å². The molecule has 7 heteroatoms. The van der Waals surface area contributed by atoms with Crippen molar-refractivity contribution in [3.05, 3.63) is 12.2 Å². The lowest BCUT2D eigenvalue weighted by Gasteiger charge is -2.44. The molecule has 3 saturated heterocycles. The highest BCUT2D eigenvalue weighted by molar-refractivity contribution is 5.87. The van der Waals surface area contributed by atoms with Crippen LogP contribution in [0.4, 0.5) is 0 Å². The topological polar surface area (TPSA) is 72.5 Å². The van der Waals surface area contributed by atoms with E-state index in [9.17, 15) is 4.79 Å². The van der Waals surface area contributed by atoms with Gasteiger partial charge in [-0.15, -0.1) is 0 Å². The minimum absolute atomic E-state index is 0.223. The highest BCUT2D eigenvalue weighted by atomic mass is 16.9. The largest absolute Gasteiger partial charge is 0.450 e. The van der Waals surface area contributed by atoms with Crippen molar-refractivity contribution in [2.75, 3.05) is 13.2 Å². The fraction of sp³-hybridized carbons (Fsp3) is 0.885. The summed E-state index contributed by atoms with van der Waals surface area (Å²) in [6, 6.07) is 0. The zero-order valence-corrected chi connectivity index (χ0v) is 20.1. The molecule has 3 spiro atoms. The quantitative estimate of drug-likeness (QED) is 0.425. The fourth-order valence-corrected chi connectivity index (χ4v) is 6.20. The van der Waals surface area contributed by atoms with E-state index in [1.165, 1.54) is 38.5 Å². The standard InChI is InChI=1S/C26H40O7/c1-19(2)23(27)30-22-21-20(31-25(32-21)15-11-7-4-8-12-16-25)17-28-26(22)18-29-24(33-26)13-9-5-3-6-10-14-24/h20-22H,1,3-18H2,2H3/t20-,21-,22+,26+/m1/s1. The number of rotatable bonds is 2. The molecule has 0 aromatic heterocycles. The molecule has 2 aliphatic carbocycles. The van der Waals surface area contributed by atoms with Gasteiger partial charge in [-0.2, -0.15) is 0 Å². The Morgan fingerprint density at radius 3 is 2.00 bits per heavy atom. The third-order valence-corrected chi connectivity index (χ3v) is 8.02. The average molecular weight is 465 g/mol. The van der Waals surface area contributed by atoms with Gasteiger partial charge >= 0.3 is 5.97 Å². The molecule has 0 radical (unpaired) electrons. The van der Waals surface area contributed by atoms with Crippen LogP contribution in [0.1, 0.15) is 96.8 Å². The molecule has 4 atom stereocenters. The predicted molar refractivity (Wildman–Crippen MR) is 120 cm³/mol. The van der Waals surface area contributed by atoms with E-state index in [1.807, 2.05) is 0 Å². The van der Waals surface area contributed by atoms with Gasteiger partial charge in [-0.1, -0.05) is 45.1 Å². The van der Waals surface area contributed by atoms with Crippen LogP contribution in [0.2, 0.25) is 0 Å². The molecule has 5 aliphatic rings. The van der Waals surface area contributed by atoms with Gasteiger partial charge in [0.25, 0.3) is 0 Å². The summed E-state index contributed by atoms with van der Waals surface area (Å²) in [5, 5.41) is 0. The normalized spacial score (nSPS) is 38.3. The number of fused-ring (bicyclic) bond motifs is 1. The van der Waals surface area contributed by atoms with Crippen LogP contribution < -0.4 is 0 Å². The number of hydrogen-bond donors (Lipinski definition) is 0. The second-order valence-electron chi connectivity index (χ2n) is 10.7. The molecule has 33 heavy (non-hydrogen) atoms. The first-order chi connectivity index (χ1) is 16.0. The van der Waals surface area contributed by atoms with Crippen LogP contribution in [-0.2, 0) is 33.2 Å². The van der Waals surface area contributed by atoms with Gasteiger partial charge in [-0.3, -0.25) is 0 Å². The summed E-state index contributed by atoms with van der Waals surface area (Å²) in [6.45, 7) is 5.99. The number of carbonyl (C=O) groups excluding carboxylic acids is 1. The van der Waals surface area contributed by atoms with E-state index < -0.39 is 35.5 Å². The molecule has 2 saturated carbocycles. The highest BCUT2D eigenvalue weighted by Crippen LogP contribution is 2.50. The van der Waals surface area contributed by atoms with Crippen molar-refractivity contribution in [3.8, 4) is 0 Å². The monoisotopic (exact) mass is 464 g/mol. The first-order valence-corrected chi connectivity index (χ1v) is 13.2. The molecule has 0 bridgehead atoms. The van der Waals surface area contributed by atoms with Gasteiger partial charge in [0.2, 0.25) is 5.79 Å². The molecule has 0 aromatic carbocycles. The molecule has 5 rings (SSSR count). The predicted octanol–water partition coefficient (Wildman–Crippen LogP) is 4.91. The molecule has 0 aromatic rings. The zero-order chi connectivity index (χ0) is 22.9. The van der Waals surface area contributed by atoms with E-state index in [0.717, 1.165) is 51.4 Å². The lowest BCUT2D eigenvalue weighted by atomic mass is 9.94. The molecule has 0 unspecified atom stereocenters. The van der Waals surface area contributed by atoms with Crippen molar-refractivity contribution in [3.63, 3.8) is 0 Å². The summed E-state index contributed by atoms with van der Waals surface area (Å²) in [5.74, 6) is -2.95. The van der Waals surface area contributed by atoms with Crippen LogP contribution in [0.25, 0.3) is 0 Å². The van der Waals surface area contributed by atoms with Crippen LogP contribution in [0, 0.1) is 0 Å². The van der Waals surface area contributed by atoms with Crippen molar-refractivity contribution in [2.24, 2.45) is 0 Å². The van der Waals surface area contributed by atoms with Crippen LogP contribution in [0.5, 0.6) is 0 Å². The van der Waals surface area contributed by atoms with E-state index in [2.05, 4.69) is 6.58 Å². The maximum Gasteiger partial charge on any atom is 0.333 e. The van der Waals surface area contributed by atoms with Crippen LogP contribution in [-0.4, -0.2) is 54.9 Å². The Morgan fingerprint density at radius 2 is 1.39 bits per heavy atom. The first kappa shape index (κ1) is 23.7. The Bertz CT molecular complexity index is 704. The molecular formula is C26H40O7. The van der Waals surface area contributed by atoms with Crippen molar-refractivity contribution in [1.29, 1.82) is 0 Å². The number of esters is 1. The highest BCUT2D eigenvalue weighted by Gasteiger charge is 2.66. The van der Waals surface area contributed by atoms with Gasteiger partial charge in [-0.25, -0.2) is 4.79 Å². The van der Waals surface area contributed by atoms with E-state index >= 15 is 0 Å². The van der Waals surface area contributed by atoms with Gasteiger partial charge in [0.15, 0.2) is 17.7 Å². The van der Waals surface area contributed by atoms with Gasteiger partial charge in [0.1, 0.15) is 18.8 Å². The Morgan fingerprint density at radius 1 is 0.818 bits per heavy atom. The minimum Gasteiger partial charge on any atom is -0.450 e. The van der Waals surface area contributed by atoms with Crippen molar-refractivity contribution >= 4 is 5.97 Å². The molecule has 3 heterocycles. The minimum atomic E-state index is -1.18. The molecule has 5 fully saturated rings. The molecule has 7 nitrogen and oxygen atoms in total. The fourth-order valence-electron chi connectivity index (χ4n) is 6.20. The summed E-state index contributed by atoms with van der Waals surface area (Å²) in [4.78, 5) is 12.7. The van der Waals surface area contributed by atoms with Gasteiger partial charge in [0.05, 0.1) is 6.61 Å². The zero-order valence-electron chi connectivity index (χ0n) is 20.1. The van der Waals surface area contributed by atoms with Crippen molar-refractivity contribution in [2.45, 2.75) is 132 Å². The van der Waals surface area contributed by atoms with E-state index in [-0.39, 0.29) is 12.7 Å². The molecule has 0 amide bonds. The second-order valence-corrected chi connectivity index (χ2v) is 10.7. The summed E-state index contributed by atoms with van der Waals surface area (Å²) >= 11 is 0. The Hall–Kier alpha value is -0.990. The van der Waals surface area contributed by atoms with Crippen LogP contribution in [0.15, 0.2) is 12.2 Å². The average Bonchev–Trinajstić information content (AvgIpc) is 3.31. The Balaban J connectivity index is 1.40.